The lowest BCUT2D eigenvalue weighted by molar-refractivity contribution is -0.139. The Morgan fingerprint density at radius 2 is 1.95 bits per heavy atom. The molecular weight excluding hydrogens is 492 g/mol. The fourth-order valence-electron chi connectivity index (χ4n) is 4.28. The molecule has 1 aromatic heterocycles. The zero-order valence-electron chi connectivity index (χ0n) is 21.1. The maximum Gasteiger partial charge on any atom is 0.338 e. The van der Waals surface area contributed by atoms with Crippen LogP contribution in [0.2, 0.25) is 0 Å². The van der Waals surface area contributed by atoms with Gasteiger partial charge in [-0.25, -0.2) is 9.79 Å². The van der Waals surface area contributed by atoms with Gasteiger partial charge in [-0.1, -0.05) is 29.5 Å². The van der Waals surface area contributed by atoms with Crippen molar-refractivity contribution in [1.82, 2.24) is 4.57 Å². The van der Waals surface area contributed by atoms with Gasteiger partial charge in [0, 0.05) is 5.56 Å². The van der Waals surface area contributed by atoms with Gasteiger partial charge < -0.3 is 19.3 Å². The summed E-state index contributed by atoms with van der Waals surface area (Å²) in [6, 6.07) is 9.95. The molecule has 2 heterocycles. The highest BCUT2D eigenvalue weighted by Crippen LogP contribution is 2.33. The zero-order chi connectivity index (χ0) is 26.7. The summed E-state index contributed by atoms with van der Waals surface area (Å²) in [6.45, 7) is 7.41. The van der Waals surface area contributed by atoms with E-state index in [1.165, 1.54) is 23.0 Å². The molecule has 0 radical (unpaired) electrons. The van der Waals surface area contributed by atoms with Crippen molar-refractivity contribution in [2.45, 2.75) is 26.3 Å². The number of phenolic OH excluding ortho intramolecular Hbond substituents is 1. The number of benzene rings is 2. The molecule has 1 atom stereocenters. The molecule has 0 fully saturated rings. The Hall–Kier alpha value is -4.11. The number of hydrogen-bond acceptors (Lipinski definition) is 8. The van der Waals surface area contributed by atoms with Gasteiger partial charge in [0.05, 0.1) is 42.7 Å². The molecule has 8 nitrogen and oxygen atoms in total. The van der Waals surface area contributed by atoms with Gasteiger partial charge in [-0.3, -0.25) is 9.36 Å². The van der Waals surface area contributed by atoms with Crippen LogP contribution in [-0.4, -0.2) is 36.5 Å². The molecule has 192 valence electrons. The maximum absolute atomic E-state index is 13.8. The Morgan fingerprint density at radius 3 is 2.57 bits per heavy atom. The lowest BCUT2D eigenvalue weighted by atomic mass is 9.96. The third-order valence-electron chi connectivity index (χ3n) is 6.01. The number of allylic oxidation sites excluding steroid dienone is 2. The van der Waals surface area contributed by atoms with E-state index in [0.29, 0.717) is 49.7 Å². The quantitative estimate of drug-likeness (QED) is 0.362. The number of carbonyl (C=O) groups is 1. The molecule has 0 spiro atoms. The van der Waals surface area contributed by atoms with E-state index < -0.39 is 12.0 Å². The predicted molar refractivity (Wildman–Crippen MR) is 142 cm³/mol. The zero-order valence-corrected chi connectivity index (χ0v) is 21.9. The summed E-state index contributed by atoms with van der Waals surface area (Å²) in [7, 11) is 3.05. The second-order valence-electron chi connectivity index (χ2n) is 8.30. The van der Waals surface area contributed by atoms with E-state index in [1.807, 2.05) is 12.1 Å². The van der Waals surface area contributed by atoms with Gasteiger partial charge in [-0.2, -0.15) is 0 Å². The van der Waals surface area contributed by atoms with E-state index in [1.54, 1.807) is 57.4 Å². The van der Waals surface area contributed by atoms with Gasteiger partial charge in [-0.15, -0.1) is 6.58 Å². The number of hydrogen-bond donors (Lipinski definition) is 1. The van der Waals surface area contributed by atoms with Crippen molar-refractivity contribution in [2.24, 2.45) is 4.99 Å². The van der Waals surface area contributed by atoms with Gasteiger partial charge in [0.1, 0.15) is 5.75 Å². The SMILES string of the molecule is C=CCc1cc(/C=c2\sc3n(c2=O)[C@@H](c2ccc(OC)cc2)C(C(=O)OCC)=C(C)N=3)cc(OC)c1O. The summed E-state index contributed by atoms with van der Waals surface area (Å²) in [5.41, 5.74) is 2.54. The first-order valence-corrected chi connectivity index (χ1v) is 12.5. The molecule has 4 rings (SSSR count). The molecule has 0 saturated heterocycles. The number of phenols is 1. The van der Waals surface area contributed by atoms with E-state index in [2.05, 4.69) is 11.6 Å². The van der Waals surface area contributed by atoms with Gasteiger partial charge >= 0.3 is 5.97 Å². The summed E-state index contributed by atoms with van der Waals surface area (Å²) in [5.74, 6) is 0.479. The molecule has 0 aliphatic carbocycles. The van der Waals surface area contributed by atoms with Crippen molar-refractivity contribution in [2.75, 3.05) is 20.8 Å². The first-order valence-electron chi connectivity index (χ1n) is 11.7. The molecule has 0 amide bonds. The van der Waals surface area contributed by atoms with Gasteiger partial charge in [-0.05, 0) is 61.7 Å². The highest BCUT2D eigenvalue weighted by atomic mass is 32.1. The summed E-state index contributed by atoms with van der Waals surface area (Å²) in [6.07, 6.45) is 3.85. The number of thiazole rings is 1. The summed E-state index contributed by atoms with van der Waals surface area (Å²) < 4.78 is 17.9. The number of carbonyl (C=O) groups excluding carboxylic acids is 1. The molecule has 1 aliphatic rings. The fourth-order valence-corrected chi connectivity index (χ4v) is 5.33. The highest BCUT2D eigenvalue weighted by molar-refractivity contribution is 7.07. The van der Waals surface area contributed by atoms with E-state index in [-0.39, 0.29) is 17.9 Å². The minimum absolute atomic E-state index is 0.0372. The third kappa shape index (κ3) is 4.95. The molecular formula is C28H28N2O6S. The van der Waals surface area contributed by atoms with Crippen molar-refractivity contribution < 1.29 is 24.1 Å². The lowest BCUT2D eigenvalue weighted by Crippen LogP contribution is -2.39. The van der Waals surface area contributed by atoms with E-state index in [9.17, 15) is 14.7 Å². The molecule has 0 unspecified atom stereocenters. The van der Waals surface area contributed by atoms with E-state index in [4.69, 9.17) is 14.2 Å². The molecule has 1 N–H and O–H groups in total. The van der Waals surface area contributed by atoms with Crippen molar-refractivity contribution in [3.8, 4) is 17.2 Å². The molecule has 1 aliphatic heterocycles. The van der Waals surface area contributed by atoms with Crippen LogP contribution in [0.5, 0.6) is 17.2 Å². The first-order chi connectivity index (χ1) is 17.8. The van der Waals surface area contributed by atoms with Crippen LogP contribution in [0.25, 0.3) is 6.08 Å². The second-order valence-corrected chi connectivity index (χ2v) is 9.31. The number of rotatable bonds is 8. The first kappa shape index (κ1) is 26.0. The van der Waals surface area contributed by atoms with Crippen LogP contribution in [0, 0.1) is 0 Å². The molecule has 2 aromatic carbocycles. The number of fused-ring (bicyclic) bond motifs is 1. The Morgan fingerprint density at radius 1 is 1.22 bits per heavy atom. The van der Waals surface area contributed by atoms with Crippen LogP contribution in [-0.2, 0) is 16.0 Å². The molecule has 9 heteroatoms. The number of aromatic nitrogens is 1. The number of nitrogens with zero attached hydrogens (tertiary/aromatic N) is 2. The standard InChI is InChI=1S/C28H28N2O6S/c1-6-8-19-13-17(14-21(35-5)25(19)31)15-22-26(32)30-24(18-9-11-20(34-4)12-10-18)23(27(33)36-7-2)16(3)29-28(30)37-22/h6,9-15,24,31H,1,7-8H2,2-5H3/b22-15-/t24-/m0/s1. The summed E-state index contributed by atoms with van der Waals surface area (Å²) in [4.78, 5) is 31.8. The van der Waals surface area contributed by atoms with Gasteiger partial charge in [0.2, 0.25) is 0 Å². The normalized spacial score (nSPS) is 15.1. The Bertz CT molecular complexity index is 1560. The fraction of sp³-hybridized carbons (Fsp3) is 0.250. The third-order valence-corrected chi connectivity index (χ3v) is 6.99. The van der Waals surface area contributed by atoms with Crippen LogP contribution in [0.15, 0.2) is 70.1 Å². The van der Waals surface area contributed by atoms with Crippen LogP contribution in [0.3, 0.4) is 0 Å². The molecule has 0 bridgehead atoms. The van der Waals surface area contributed by atoms with Gasteiger partial charge in [0.15, 0.2) is 16.3 Å². The smallest absolute Gasteiger partial charge is 0.338 e. The van der Waals surface area contributed by atoms with Crippen molar-refractivity contribution in [1.29, 1.82) is 0 Å². The summed E-state index contributed by atoms with van der Waals surface area (Å²) >= 11 is 1.22. The second kappa shape index (κ2) is 10.9. The average Bonchev–Trinajstić information content (AvgIpc) is 3.19. The summed E-state index contributed by atoms with van der Waals surface area (Å²) in [5, 5.41) is 10.4. The molecule has 37 heavy (non-hydrogen) atoms. The Labute approximate surface area is 218 Å². The van der Waals surface area contributed by atoms with E-state index in [0.717, 1.165) is 5.56 Å². The predicted octanol–water partition coefficient (Wildman–Crippen LogP) is 3.25. The highest BCUT2D eigenvalue weighted by Gasteiger charge is 2.33. The number of methoxy groups -OCH3 is 2. The minimum atomic E-state index is -0.714. The molecule has 0 saturated carbocycles. The van der Waals surface area contributed by atoms with Crippen molar-refractivity contribution >= 4 is 23.4 Å². The average molecular weight is 521 g/mol. The van der Waals surface area contributed by atoms with Crippen LogP contribution < -0.4 is 24.4 Å². The van der Waals surface area contributed by atoms with Crippen LogP contribution in [0.1, 0.15) is 36.6 Å². The maximum atomic E-state index is 13.8. The monoisotopic (exact) mass is 520 g/mol. The lowest BCUT2D eigenvalue weighted by Gasteiger charge is -2.24. The molecule has 3 aromatic rings. The van der Waals surface area contributed by atoms with Crippen molar-refractivity contribution in [3.63, 3.8) is 0 Å². The Kier molecular flexibility index (Phi) is 7.63. The Balaban J connectivity index is 1.94. The van der Waals surface area contributed by atoms with Crippen LogP contribution >= 0.6 is 11.3 Å². The minimum Gasteiger partial charge on any atom is -0.504 e. The number of aromatic hydroxyl groups is 1. The van der Waals surface area contributed by atoms with Gasteiger partial charge in [0.25, 0.3) is 5.56 Å². The number of ether oxygens (including phenoxy) is 3. The van der Waals surface area contributed by atoms with Crippen LogP contribution in [0.4, 0.5) is 0 Å². The van der Waals surface area contributed by atoms with E-state index >= 15 is 0 Å². The topological polar surface area (TPSA) is 99.4 Å². The van der Waals surface area contributed by atoms with Crippen molar-refractivity contribution in [3.05, 3.63) is 96.7 Å². The number of esters is 1. The largest absolute Gasteiger partial charge is 0.504 e.